The molecule has 19 heavy (non-hydrogen) atoms. The molecule has 1 fully saturated rings. The number of aromatic nitrogens is 2. The number of halogens is 2. The number of ketones is 1. The van der Waals surface area contributed by atoms with Gasteiger partial charge >= 0.3 is 0 Å². The second kappa shape index (κ2) is 5.70. The molecule has 106 valence electrons. The standard InChI is InChI=1S/C11H14F2N2O4/c1-17-11(2-4-18-5-3-11)10-14-8(19-15-10)6-7(16)9(12)13/h9H,2-6H2,1H3. The number of rotatable bonds is 5. The first-order valence-electron chi connectivity index (χ1n) is 5.84. The first-order valence-corrected chi connectivity index (χ1v) is 5.84. The van der Waals surface area contributed by atoms with Crippen LogP contribution < -0.4 is 0 Å². The number of carbonyl (C=O) groups is 1. The van der Waals surface area contributed by atoms with Crippen molar-refractivity contribution in [3.8, 4) is 0 Å². The molecule has 0 aromatic carbocycles. The summed E-state index contributed by atoms with van der Waals surface area (Å²) in [6.45, 7) is 0.987. The normalized spacial score (nSPS) is 18.7. The summed E-state index contributed by atoms with van der Waals surface area (Å²) >= 11 is 0. The molecular formula is C11H14F2N2O4. The third kappa shape index (κ3) is 2.95. The van der Waals surface area contributed by atoms with E-state index in [4.69, 9.17) is 14.0 Å². The van der Waals surface area contributed by atoms with Crippen molar-refractivity contribution in [2.45, 2.75) is 31.3 Å². The molecule has 2 rings (SSSR count). The minimum Gasteiger partial charge on any atom is -0.381 e. The monoisotopic (exact) mass is 276 g/mol. The van der Waals surface area contributed by atoms with Crippen LogP contribution in [0.4, 0.5) is 8.78 Å². The summed E-state index contributed by atoms with van der Waals surface area (Å²) in [7, 11) is 1.52. The van der Waals surface area contributed by atoms with E-state index in [0.29, 0.717) is 26.1 Å². The topological polar surface area (TPSA) is 74.5 Å². The predicted molar refractivity (Wildman–Crippen MR) is 57.8 cm³/mol. The molecule has 0 unspecified atom stereocenters. The van der Waals surface area contributed by atoms with E-state index in [9.17, 15) is 13.6 Å². The molecule has 0 saturated carbocycles. The van der Waals surface area contributed by atoms with Crippen molar-refractivity contribution in [3.63, 3.8) is 0 Å². The van der Waals surface area contributed by atoms with Gasteiger partial charge in [0.05, 0.1) is 6.42 Å². The van der Waals surface area contributed by atoms with Crippen molar-refractivity contribution in [1.29, 1.82) is 0 Å². The maximum atomic E-state index is 12.1. The van der Waals surface area contributed by atoms with Crippen LogP contribution in [0.5, 0.6) is 0 Å². The average Bonchev–Trinajstić information content (AvgIpc) is 2.88. The highest BCUT2D eigenvalue weighted by Gasteiger charge is 2.39. The fraction of sp³-hybridized carbons (Fsp3) is 0.727. The largest absolute Gasteiger partial charge is 0.381 e. The quantitative estimate of drug-likeness (QED) is 0.801. The van der Waals surface area contributed by atoms with Crippen LogP contribution in [0.2, 0.25) is 0 Å². The zero-order chi connectivity index (χ0) is 13.9. The maximum Gasteiger partial charge on any atom is 0.296 e. The van der Waals surface area contributed by atoms with Gasteiger partial charge in [-0.15, -0.1) is 0 Å². The lowest BCUT2D eigenvalue weighted by molar-refractivity contribution is -0.129. The number of hydrogen-bond donors (Lipinski definition) is 0. The van der Waals surface area contributed by atoms with E-state index in [1.165, 1.54) is 7.11 Å². The van der Waals surface area contributed by atoms with Gasteiger partial charge in [0, 0.05) is 33.2 Å². The Morgan fingerprint density at radius 2 is 2.16 bits per heavy atom. The Balaban J connectivity index is 2.13. The van der Waals surface area contributed by atoms with Gasteiger partial charge in [-0.1, -0.05) is 5.16 Å². The van der Waals surface area contributed by atoms with E-state index >= 15 is 0 Å². The summed E-state index contributed by atoms with van der Waals surface area (Å²) in [4.78, 5) is 14.9. The van der Waals surface area contributed by atoms with E-state index in [0.717, 1.165) is 0 Å². The van der Waals surface area contributed by atoms with Gasteiger partial charge < -0.3 is 14.0 Å². The molecule has 1 aromatic rings. The number of methoxy groups -OCH3 is 1. The molecule has 0 bridgehead atoms. The minimum atomic E-state index is -3.03. The lowest BCUT2D eigenvalue weighted by atomic mass is 9.93. The molecule has 0 N–H and O–H groups in total. The van der Waals surface area contributed by atoms with Gasteiger partial charge in [0.2, 0.25) is 17.5 Å². The van der Waals surface area contributed by atoms with E-state index in [-0.39, 0.29) is 11.7 Å². The third-order valence-electron chi connectivity index (χ3n) is 3.14. The molecular weight excluding hydrogens is 262 g/mol. The first kappa shape index (κ1) is 14.0. The van der Waals surface area contributed by atoms with Crippen molar-refractivity contribution in [2.75, 3.05) is 20.3 Å². The first-order chi connectivity index (χ1) is 9.07. The van der Waals surface area contributed by atoms with Gasteiger partial charge in [0.1, 0.15) is 5.60 Å². The van der Waals surface area contributed by atoms with Crippen LogP contribution in [-0.2, 0) is 26.3 Å². The summed E-state index contributed by atoms with van der Waals surface area (Å²) < 4.78 is 39.8. The summed E-state index contributed by atoms with van der Waals surface area (Å²) in [5.41, 5.74) is -0.728. The molecule has 1 aliphatic heterocycles. The minimum absolute atomic E-state index is 0.122. The number of nitrogens with zero attached hydrogens (tertiary/aromatic N) is 2. The summed E-state index contributed by atoms with van der Waals surface area (Å²) in [5.74, 6) is -1.09. The van der Waals surface area contributed by atoms with Crippen LogP contribution in [0.15, 0.2) is 4.52 Å². The zero-order valence-electron chi connectivity index (χ0n) is 10.4. The van der Waals surface area contributed by atoms with Crippen LogP contribution in [-0.4, -0.2) is 42.7 Å². The fourth-order valence-electron chi connectivity index (χ4n) is 1.96. The van der Waals surface area contributed by atoms with E-state index in [1.54, 1.807) is 0 Å². The van der Waals surface area contributed by atoms with Gasteiger partial charge in [0.25, 0.3) is 6.43 Å². The van der Waals surface area contributed by atoms with Crippen molar-refractivity contribution >= 4 is 5.78 Å². The van der Waals surface area contributed by atoms with E-state index < -0.39 is 24.2 Å². The second-order valence-electron chi connectivity index (χ2n) is 4.27. The number of Topliss-reactive ketones (excluding diaryl/α,β-unsaturated/α-hetero) is 1. The molecule has 1 aliphatic rings. The maximum absolute atomic E-state index is 12.1. The van der Waals surface area contributed by atoms with Gasteiger partial charge in [-0.25, -0.2) is 8.78 Å². The summed E-state index contributed by atoms with van der Waals surface area (Å²) in [6.07, 6.45) is -2.51. The Hall–Kier alpha value is -1.41. The second-order valence-corrected chi connectivity index (χ2v) is 4.27. The Bertz CT molecular complexity index is 444. The number of ether oxygens (including phenoxy) is 2. The lowest BCUT2D eigenvalue weighted by Crippen LogP contribution is -2.36. The van der Waals surface area contributed by atoms with Crippen LogP contribution >= 0.6 is 0 Å². The number of alkyl halides is 2. The van der Waals surface area contributed by atoms with Crippen LogP contribution in [0.25, 0.3) is 0 Å². The van der Waals surface area contributed by atoms with Gasteiger partial charge in [0.15, 0.2) is 0 Å². The zero-order valence-corrected chi connectivity index (χ0v) is 10.4. The lowest BCUT2D eigenvalue weighted by Gasteiger charge is -2.32. The predicted octanol–water partition coefficient (Wildman–Crippen LogP) is 1.10. The molecule has 6 nitrogen and oxygen atoms in total. The van der Waals surface area contributed by atoms with Gasteiger partial charge in [-0.2, -0.15) is 4.98 Å². The highest BCUT2D eigenvalue weighted by atomic mass is 19.3. The SMILES string of the molecule is COC1(c2noc(CC(=O)C(F)F)n2)CCOCC1. The Morgan fingerprint density at radius 1 is 1.47 bits per heavy atom. The molecule has 2 heterocycles. The molecule has 0 aliphatic carbocycles. The van der Waals surface area contributed by atoms with Crippen molar-refractivity contribution in [1.82, 2.24) is 10.1 Å². The number of hydrogen-bond acceptors (Lipinski definition) is 6. The van der Waals surface area contributed by atoms with Gasteiger partial charge in [-0.05, 0) is 0 Å². The van der Waals surface area contributed by atoms with Crippen molar-refractivity contribution in [3.05, 3.63) is 11.7 Å². The molecule has 0 atom stereocenters. The van der Waals surface area contributed by atoms with Gasteiger partial charge in [-0.3, -0.25) is 4.79 Å². The third-order valence-corrected chi connectivity index (χ3v) is 3.14. The van der Waals surface area contributed by atoms with E-state index in [2.05, 4.69) is 10.1 Å². The molecule has 0 spiro atoms. The molecule has 0 amide bonds. The molecule has 8 heteroatoms. The van der Waals surface area contributed by atoms with E-state index in [1.807, 2.05) is 0 Å². The molecule has 1 aromatic heterocycles. The van der Waals surface area contributed by atoms with Crippen LogP contribution in [0, 0.1) is 0 Å². The van der Waals surface area contributed by atoms with Crippen LogP contribution in [0.3, 0.4) is 0 Å². The Labute approximate surface area is 108 Å². The smallest absolute Gasteiger partial charge is 0.296 e. The van der Waals surface area contributed by atoms with Crippen molar-refractivity contribution in [2.24, 2.45) is 0 Å². The van der Waals surface area contributed by atoms with Crippen LogP contribution in [0.1, 0.15) is 24.6 Å². The Morgan fingerprint density at radius 3 is 2.74 bits per heavy atom. The molecule has 1 saturated heterocycles. The highest BCUT2D eigenvalue weighted by Crippen LogP contribution is 2.33. The van der Waals surface area contributed by atoms with Crippen molar-refractivity contribution < 1.29 is 27.6 Å². The fourth-order valence-corrected chi connectivity index (χ4v) is 1.96. The number of carbonyl (C=O) groups excluding carboxylic acids is 1. The average molecular weight is 276 g/mol. The Kier molecular flexibility index (Phi) is 4.20. The summed E-state index contributed by atoms with van der Waals surface area (Å²) in [5, 5.41) is 3.73. The summed E-state index contributed by atoms with van der Waals surface area (Å²) in [6, 6.07) is 0. The highest BCUT2D eigenvalue weighted by molar-refractivity contribution is 5.82. The molecule has 0 radical (unpaired) electrons.